The van der Waals surface area contributed by atoms with Gasteiger partial charge >= 0.3 is 0 Å². The third-order valence-electron chi connectivity index (χ3n) is 2.02. The topological polar surface area (TPSA) is 26.3 Å². The number of methoxy groups -OCH3 is 1. The van der Waals surface area contributed by atoms with E-state index in [2.05, 4.69) is 15.9 Å². The van der Waals surface area contributed by atoms with Crippen molar-refractivity contribution in [3.8, 4) is 5.75 Å². The number of hydrogen-bond donors (Lipinski definition) is 0. The molecule has 13 heavy (non-hydrogen) atoms. The highest BCUT2D eigenvalue weighted by molar-refractivity contribution is 9.10. The molecule has 0 amide bonds. The molecule has 0 heterocycles. The summed E-state index contributed by atoms with van der Waals surface area (Å²) < 4.78 is 6.02. The molecule has 0 aromatic heterocycles. The number of allylic oxidation sites excluding steroid dienone is 1. The molecule has 0 unspecified atom stereocenters. The van der Waals surface area contributed by atoms with Crippen molar-refractivity contribution in [1.82, 2.24) is 0 Å². The highest BCUT2D eigenvalue weighted by Gasteiger charge is 2.20. The Bertz CT molecular complexity index is 408. The van der Waals surface area contributed by atoms with Gasteiger partial charge in [-0.15, -0.1) is 0 Å². The van der Waals surface area contributed by atoms with Gasteiger partial charge in [-0.3, -0.25) is 4.79 Å². The van der Waals surface area contributed by atoms with Crippen molar-refractivity contribution >= 4 is 27.8 Å². The zero-order chi connectivity index (χ0) is 9.42. The lowest BCUT2D eigenvalue weighted by atomic mass is 10.1. The van der Waals surface area contributed by atoms with Crippen LogP contribution in [0.2, 0.25) is 0 Å². The van der Waals surface area contributed by atoms with Gasteiger partial charge in [-0.25, -0.2) is 0 Å². The van der Waals surface area contributed by atoms with Crippen molar-refractivity contribution in [2.75, 3.05) is 7.11 Å². The Labute approximate surface area is 84.3 Å². The molecular weight excluding hydrogens is 232 g/mol. The number of carbonyl (C=O) groups is 1. The number of rotatable bonds is 1. The Hall–Kier alpha value is -1.09. The first kappa shape index (κ1) is 8.51. The van der Waals surface area contributed by atoms with E-state index in [0.29, 0.717) is 11.3 Å². The summed E-state index contributed by atoms with van der Waals surface area (Å²) in [5.41, 5.74) is 1.56. The quantitative estimate of drug-likeness (QED) is 0.753. The first-order valence-electron chi connectivity index (χ1n) is 3.83. The van der Waals surface area contributed by atoms with E-state index in [0.717, 1.165) is 10.0 Å². The molecule has 1 aliphatic rings. The van der Waals surface area contributed by atoms with Gasteiger partial charge < -0.3 is 4.74 Å². The van der Waals surface area contributed by atoms with E-state index in [1.807, 2.05) is 6.07 Å². The maximum absolute atomic E-state index is 11.4. The minimum atomic E-state index is 0.00755. The van der Waals surface area contributed by atoms with Crippen molar-refractivity contribution in [3.63, 3.8) is 0 Å². The van der Waals surface area contributed by atoms with Crippen LogP contribution in [-0.2, 0) is 0 Å². The monoisotopic (exact) mass is 238 g/mol. The summed E-state index contributed by atoms with van der Waals surface area (Å²) in [5.74, 6) is 0.640. The number of fused-ring (bicyclic) bond motifs is 1. The molecule has 0 radical (unpaired) electrons. The van der Waals surface area contributed by atoms with Gasteiger partial charge in [0.2, 0.25) is 0 Å². The number of hydrogen-bond acceptors (Lipinski definition) is 2. The van der Waals surface area contributed by atoms with E-state index in [1.165, 1.54) is 0 Å². The summed E-state index contributed by atoms with van der Waals surface area (Å²) >= 11 is 3.38. The molecule has 2 rings (SSSR count). The van der Waals surface area contributed by atoms with Crippen molar-refractivity contribution in [2.24, 2.45) is 0 Å². The molecule has 0 bridgehead atoms. The number of ether oxygens (including phenoxy) is 1. The van der Waals surface area contributed by atoms with Crippen LogP contribution in [0.1, 0.15) is 15.9 Å². The normalized spacial score (nSPS) is 13.2. The summed E-state index contributed by atoms with van der Waals surface area (Å²) in [7, 11) is 1.56. The number of ketones is 1. The maximum atomic E-state index is 11.4. The standard InChI is InChI=1S/C10H7BrO2/c1-13-9-5-3-7(11)6-2-4-8(12)10(6)9/h2-5H,1H3. The molecule has 0 atom stereocenters. The number of halogens is 1. The Morgan fingerprint density at radius 1 is 1.31 bits per heavy atom. The first-order valence-corrected chi connectivity index (χ1v) is 4.62. The Morgan fingerprint density at radius 2 is 2.08 bits per heavy atom. The van der Waals surface area contributed by atoms with Gasteiger partial charge in [0, 0.05) is 10.0 Å². The van der Waals surface area contributed by atoms with Gasteiger partial charge in [0.15, 0.2) is 5.78 Å². The van der Waals surface area contributed by atoms with Gasteiger partial charge in [0.25, 0.3) is 0 Å². The molecule has 0 saturated heterocycles. The van der Waals surface area contributed by atoms with Gasteiger partial charge in [-0.2, -0.15) is 0 Å². The van der Waals surface area contributed by atoms with E-state index in [1.54, 1.807) is 25.3 Å². The van der Waals surface area contributed by atoms with E-state index in [-0.39, 0.29) is 5.78 Å². The molecule has 0 fully saturated rings. The van der Waals surface area contributed by atoms with Crippen LogP contribution in [0.25, 0.3) is 6.08 Å². The first-order chi connectivity index (χ1) is 6.24. The van der Waals surface area contributed by atoms with Crippen LogP contribution in [0.3, 0.4) is 0 Å². The summed E-state index contributed by atoms with van der Waals surface area (Å²) in [4.78, 5) is 11.4. The summed E-state index contributed by atoms with van der Waals surface area (Å²) in [6.07, 6.45) is 3.35. The molecule has 3 heteroatoms. The lowest BCUT2D eigenvalue weighted by Crippen LogP contribution is -1.97. The van der Waals surface area contributed by atoms with Gasteiger partial charge in [-0.1, -0.05) is 15.9 Å². The molecule has 1 aromatic rings. The Kier molecular flexibility index (Phi) is 1.96. The smallest absolute Gasteiger partial charge is 0.190 e. The second-order valence-electron chi connectivity index (χ2n) is 2.74. The minimum Gasteiger partial charge on any atom is -0.496 e. The average Bonchev–Trinajstić information content (AvgIpc) is 2.51. The van der Waals surface area contributed by atoms with Crippen molar-refractivity contribution in [1.29, 1.82) is 0 Å². The van der Waals surface area contributed by atoms with Crippen molar-refractivity contribution in [2.45, 2.75) is 0 Å². The predicted octanol–water partition coefficient (Wildman–Crippen LogP) is 2.67. The zero-order valence-corrected chi connectivity index (χ0v) is 8.59. The fourth-order valence-electron chi connectivity index (χ4n) is 1.40. The number of benzene rings is 1. The van der Waals surface area contributed by atoms with Crippen LogP contribution in [0, 0.1) is 0 Å². The van der Waals surface area contributed by atoms with E-state index in [9.17, 15) is 4.79 Å². The lowest BCUT2D eigenvalue weighted by Gasteiger charge is -2.06. The molecule has 1 aromatic carbocycles. The highest BCUT2D eigenvalue weighted by atomic mass is 79.9. The molecule has 2 nitrogen and oxygen atoms in total. The maximum Gasteiger partial charge on any atom is 0.190 e. The molecule has 0 saturated carbocycles. The second-order valence-corrected chi connectivity index (χ2v) is 3.59. The Balaban J connectivity index is 2.71. The van der Waals surface area contributed by atoms with Crippen molar-refractivity contribution in [3.05, 3.63) is 33.8 Å². The highest BCUT2D eigenvalue weighted by Crippen LogP contribution is 2.34. The summed E-state index contributed by atoms with van der Waals surface area (Å²) in [6.45, 7) is 0. The van der Waals surface area contributed by atoms with E-state index >= 15 is 0 Å². The molecule has 0 spiro atoms. The summed E-state index contributed by atoms with van der Waals surface area (Å²) in [6, 6.07) is 3.66. The van der Waals surface area contributed by atoms with Gasteiger partial charge in [0.1, 0.15) is 5.75 Å². The van der Waals surface area contributed by atoms with Gasteiger partial charge in [0.05, 0.1) is 12.7 Å². The molecular formula is C10H7BrO2. The van der Waals surface area contributed by atoms with E-state index in [4.69, 9.17) is 4.74 Å². The third kappa shape index (κ3) is 1.20. The fourth-order valence-corrected chi connectivity index (χ4v) is 1.87. The van der Waals surface area contributed by atoms with Crippen LogP contribution in [0.4, 0.5) is 0 Å². The molecule has 0 aliphatic heterocycles. The average molecular weight is 239 g/mol. The molecule has 1 aliphatic carbocycles. The summed E-state index contributed by atoms with van der Waals surface area (Å²) in [5, 5.41) is 0. The fraction of sp³-hybridized carbons (Fsp3) is 0.100. The minimum absolute atomic E-state index is 0.00755. The molecule has 66 valence electrons. The zero-order valence-electron chi connectivity index (χ0n) is 7.00. The largest absolute Gasteiger partial charge is 0.496 e. The van der Waals surface area contributed by atoms with E-state index < -0.39 is 0 Å². The lowest BCUT2D eigenvalue weighted by molar-refractivity contribution is 0.104. The van der Waals surface area contributed by atoms with Crippen LogP contribution in [0.15, 0.2) is 22.7 Å². The Morgan fingerprint density at radius 3 is 2.77 bits per heavy atom. The second kappa shape index (κ2) is 3.00. The van der Waals surface area contributed by atoms with Crippen molar-refractivity contribution < 1.29 is 9.53 Å². The predicted molar refractivity (Wildman–Crippen MR) is 54.1 cm³/mol. The van der Waals surface area contributed by atoms with Crippen LogP contribution < -0.4 is 4.74 Å². The molecule has 0 N–H and O–H groups in total. The van der Waals surface area contributed by atoms with Crippen LogP contribution >= 0.6 is 15.9 Å². The van der Waals surface area contributed by atoms with Crippen LogP contribution in [0.5, 0.6) is 5.75 Å². The van der Waals surface area contributed by atoms with Crippen LogP contribution in [-0.4, -0.2) is 12.9 Å². The SMILES string of the molecule is COc1ccc(Br)c2c1C(=O)C=C2. The third-order valence-corrected chi connectivity index (χ3v) is 2.71. The van der Waals surface area contributed by atoms with Gasteiger partial charge in [-0.05, 0) is 24.3 Å². The number of carbonyl (C=O) groups excluding carboxylic acids is 1.